The zero-order chi connectivity index (χ0) is 16.4. The zero-order valence-electron chi connectivity index (χ0n) is 14.4. The first kappa shape index (κ1) is 15.5. The van der Waals surface area contributed by atoms with Gasteiger partial charge in [-0.2, -0.15) is 0 Å². The van der Waals surface area contributed by atoms with Crippen molar-refractivity contribution < 1.29 is 0 Å². The van der Waals surface area contributed by atoms with Crippen molar-refractivity contribution in [2.45, 2.75) is 38.1 Å². The van der Waals surface area contributed by atoms with E-state index in [-0.39, 0.29) is 5.54 Å². The predicted octanol–water partition coefficient (Wildman–Crippen LogP) is 3.71. The van der Waals surface area contributed by atoms with Crippen LogP contribution in [0.1, 0.15) is 32.6 Å². The fourth-order valence-electron chi connectivity index (χ4n) is 3.87. The molecule has 0 bridgehead atoms. The highest BCUT2D eigenvalue weighted by atomic mass is 15.2. The van der Waals surface area contributed by atoms with E-state index in [1.807, 2.05) is 0 Å². The number of allylic oxidation sites excluding steroid dienone is 2. The van der Waals surface area contributed by atoms with E-state index in [1.54, 1.807) is 0 Å². The largest absolute Gasteiger partial charge is 0.371 e. The van der Waals surface area contributed by atoms with Crippen molar-refractivity contribution >= 4 is 17.2 Å². The number of nitrogens with one attached hydrogen (secondary N) is 3. The molecule has 126 valence electrons. The number of amidine groups is 1. The Bertz CT molecular complexity index is 708. The first-order valence-corrected chi connectivity index (χ1v) is 9.03. The Labute approximate surface area is 144 Å². The van der Waals surface area contributed by atoms with Gasteiger partial charge in [-0.1, -0.05) is 29.9 Å². The standard InChI is InChI=1S/C20H26N4/c1-15-6-2-3-7-16(15)14-22-19-20(10-12-21-13-11-20)24-18-9-5-4-8-17(18)23-19/h4-9,21,24H,2-3,10-14H2,1H3,(H,22,23). The van der Waals surface area contributed by atoms with Crippen molar-refractivity contribution in [3.05, 3.63) is 47.6 Å². The maximum absolute atomic E-state index is 5.04. The van der Waals surface area contributed by atoms with E-state index in [9.17, 15) is 0 Å². The van der Waals surface area contributed by atoms with Crippen molar-refractivity contribution in [1.29, 1.82) is 0 Å². The molecule has 2 aliphatic heterocycles. The van der Waals surface area contributed by atoms with E-state index in [0.717, 1.165) is 56.8 Å². The van der Waals surface area contributed by atoms with Crippen molar-refractivity contribution in [2.75, 3.05) is 30.3 Å². The summed E-state index contributed by atoms with van der Waals surface area (Å²) in [6.07, 6.45) is 9.09. The highest BCUT2D eigenvalue weighted by molar-refractivity contribution is 6.09. The van der Waals surface area contributed by atoms with E-state index in [4.69, 9.17) is 4.99 Å². The number of hydrogen-bond acceptors (Lipinski definition) is 3. The van der Waals surface area contributed by atoms with Crippen LogP contribution in [0.15, 0.2) is 52.6 Å². The van der Waals surface area contributed by atoms with E-state index >= 15 is 0 Å². The maximum atomic E-state index is 5.04. The molecule has 0 radical (unpaired) electrons. The van der Waals surface area contributed by atoms with Crippen LogP contribution in [0.5, 0.6) is 0 Å². The highest BCUT2D eigenvalue weighted by Gasteiger charge is 2.40. The lowest BCUT2D eigenvalue weighted by Crippen LogP contribution is -2.57. The lowest BCUT2D eigenvalue weighted by atomic mass is 9.84. The lowest BCUT2D eigenvalue weighted by molar-refractivity contribution is 0.419. The van der Waals surface area contributed by atoms with Crippen LogP contribution in [0.3, 0.4) is 0 Å². The van der Waals surface area contributed by atoms with E-state index in [1.165, 1.54) is 16.8 Å². The summed E-state index contributed by atoms with van der Waals surface area (Å²) in [6.45, 7) is 5.02. The topological polar surface area (TPSA) is 48.5 Å². The molecule has 4 rings (SSSR count). The van der Waals surface area contributed by atoms with Crippen LogP contribution < -0.4 is 16.0 Å². The molecule has 1 aromatic rings. The highest BCUT2D eigenvalue weighted by Crippen LogP contribution is 2.35. The van der Waals surface area contributed by atoms with Gasteiger partial charge in [0.05, 0.1) is 23.5 Å². The van der Waals surface area contributed by atoms with Gasteiger partial charge in [0.25, 0.3) is 0 Å². The van der Waals surface area contributed by atoms with Gasteiger partial charge >= 0.3 is 0 Å². The summed E-state index contributed by atoms with van der Waals surface area (Å²) in [5.74, 6) is 1.10. The fraction of sp³-hybridized carbons (Fsp3) is 0.450. The van der Waals surface area contributed by atoms with Crippen LogP contribution in [0, 0.1) is 0 Å². The van der Waals surface area contributed by atoms with Crippen molar-refractivity contribution in [3.63, 3.8) is 0 Å². The monoisotopic (exact) mass is 322 g/mol. The number of para-hydroxylation sites is 2. The molecule has 0 atom stereocenters. The molecular formula is C20H26N4. The summed E-state index contributed by atoms with van der Waals surface area (Å²) in [4.78, 5) is 5.04. The van der Waals surface area contributed by atoms with Crippen LogP contribution in [-0.4, -0.2) is 31.0 Å². The van der Waals surface area contributed by atoms with Gasteiger partial charge in [-0.25, -0.2) is 0 Å². The van der Waals surface area contributed by atoms with Crippen LogP contribution in [0.25, 0.3) is 0 Å². The Morgan fingerprint density at radius 2 is 1.79 bits per heavy atom. The summed E-state index contributed by atoms with van der Waals surface area (Å²) in [5, 5.41) is 10.9. The number of fused-ring (bicyclic) bond motifs is 1. The van der Waals surface area contributed by atoms with Crippen LogP contribution >= 0.6 is 0 Å². The minimum atomic E-state index is -0.0630. The zero-order valence-corrected chi connectivity index (χ0v) is 14.4. The van der Waals surface area contributed by atoms with Gasteiger partial charge in [0.1, 0.15) is 5.84 Å². The van der Waals surface area contributed by atoms with Crippen molar-refractivity contribution in [3.8, 4) is 0 Å². The number of aliphatic imine (C=N–C) groups is 1. The first-order chi connectivity index (χ1) is 11.8. The van der Waals surface area contributed by atoms with Crippen molar-refractivity contribution in [1.82, 2.24) is 5.32 Å². The molecule has 0 amide bonds. The van der Waals surface area contributed by atoms with Crippen molar-refractivity contribution in [2.24, 2.45) is 4.99 Å². The van der Waals surface area contributed by atoms with Crippen LogP contribution in [-0.2, 0) is 0 Å². The Hall–Kier alpha value is -2.07. The summed E-state index contributed by atoms with van der Waals surface area (Å²) in [7, 11) is 0. The van der Waals surface area contributed by atoms with E-state index < -0.39 is 0 Å². The summed E-state index contributed by atoms with van der Waals surface area (Å²) in [5.41, 5.74) is 5.01. The first-order valence-electron chi connectivity index (χ1n) is 9.03. The number of benzene rings is 1. The maximum Gasteiger partial charge on any atom is 0.127 e. The molecule has 1 spiro atoms. The molecule has 0 unspecified atom stereocenters. The molecule has 24 heavy (non-hydrogen) atoms. The second kappa shape index (κ2) is 6.44. The predicted molar refractivity (Wildman–Crippen MR) is 102 cm³/mol. The molecular weight excluding hydrogens is 296 g/mol. The number of piperidine rings is 1. The Morgan fingerprint density at radius 3 is 2.58 bits per heavy atom. The smallest absolute Gasteiger partial charge is 0.127 e. The quantitative estimate of drug-likeness (QED) is 0.778. The second-order valence-corrected chi connectivity index (χ2v) is 6.99. The SMILES string of the molecule is CC1=CCCC=C1CN=C1Nc2ccccc2NC12CCNCC2. The van der Waals surface area contributed by atoms with Gasteiger partial charge in [-0.3, -0.25) is 4.99 Å². The molecule has 3 aliphatic rings. The van der Waals surface area contributed by atoms with Gasteiger partial charge in [-0.15, -0.1) is 0 Å². The third-order valence-electron chi connectivity index (χ3n) is 5.39. The summed E-state index contributed by atoms with van der Waals surface area (Å²) in [6, 6.07) is 8.43. The minimum absolute atomic E-state index is 0.0630. The third kappa shape index (κ3) is 2.86. The van der Waals surface area contributed by atoms with E-state index in [0.29, 0.717) is 0 Å². The molecule has 2 heterocycles. The molecule has 0 saturated carbocycles. The number of hydrogen-bond donors (Lipinski definition) is 3. The Kier molecular flexibility index (Phi) is 4.15. The van der Waals surface area contributed by atoms with Gasteiger partial charge in [-0.05, 0) is 63.4 Å². The molecule has 1 saturated heterocycles. The average molecular weight is 322 g/mol. The van der Waals surface area contributed by atoms with E-state index in [2.05, 4.69) is 59.3 Å². The number of anilines is 2. The Balaban J connectivity index is 1.64. The molecule has 3 N–H and O–H groups in total. The van der Waals surface area contributed by atoms with Gasteiger partial charge in [0.15, 0.2) is 0 Å². The molecule has 1 aromatic carbocycles. The van der Waals surface area contributed by atoms with Gasteiger partial charge in [0.2, 0.25) is 0 Å². The van der Waals surface area contributed by atoms with Crippen LogP contribution in [0.4, 0.5) is 11.4 Å². The molecule has 1 fully saturated rings. The lowest BCUT2D eigenvalue weighted by Gasteiger charge is -2.44. The van der Waals surface area contributed by atoms with Gasteiger partial charge < -0.3 is 16.0 Å². The minimum Gasteiger partial charge on any atom is -0.371 e. The molecule has 4 nitrogen and oxygen atoms in total. The summed E-state index contributed by atoms with van der Waals surface area (Å²) < 4.78 is 0. The number of nitrogens with zero attached hydrogens (tertiary/aromatic N) is 1. The number of rotatable bonds is 2. The normalized spacial score (nSPS) is 23.8. The molecule has 1 aliphatic carbocycles. The molecule has 4 heteroatoms. The fourth-order valence-corrected chi connectivity index (χ4v) is 3.87. The van der Waals surface area contributed by atoms with Gasteiger partial charge in [0, 0.05) is 0 Å². The Morgan fingerprint density at radius 1 is 1.04 bits per heavy atom. The van der Waals surface area contributed by atoms with Crippen LogP contribution in [0.2, 0.25) is 0 Å². The molecule has 0 aromatic heterocycles. The average Bonchev–Trinajstić information content (AvgIpc) is 2.62. The second-order valence-electron chi connectivity index (χ2n) is 6.99. The third-order valence-corrected chi connectivity index (χ3v) is 5.39. The summed E-state index contributed by atoms with van der Waals surface area (Å²) >= 11 is 0.